The highest BCUT2D eigenvalue weighted by Gasteiger charge is 2.05. The van der Waals surface area contributed by atoms with Crippen LogP contribution in [0.2, 0.25) is 0 Å². The Bertz CT molecular complexity index is 572. The topological polar surface area (TPSA) is 21.3 Å². The minimum Gasteiger partial charge on any atom is -0.435 e. The summed E-state index contributed by atoms with van der Waals surface area (Å²) in [5, 5.41) is 2.79. The molecule has 6 heteroatoms. The Labute approximate surface area is 113 Å². The summed E-state index contributed by atoms with van der Waals surface area (Å²) in [5.41, 5.74) is 0.912. The lowest BCUT2D eigenvalue weighted by molar-refractivity contribution is -0.0498. The third-order valence-corrected chi connectivity index (χ3v) is 2.56. The van der Waals surface area contributed by atoms with E-state index in [1.807, 2.05) is 0 Å². The summed E-state index contributed by atoms with van der Waals surface area (Å²) in [6.07, 6.45) is 0. The zero-order chi connectivity index (χ0) is 14.5. The van der Waals surface area contributed by atoms with Crippen LogP contribution >= 0.6 is 0 Å². The zero-order valence-corrected chi connectivity index (χ0v) is 10.2. The first-order valence-corrected chi connectivity index (χ1v) is 5.77. The molecule has 1 N–H and O–H groups in total. The first-order valence-electron chi connectivity index (χ1n) is 5.77. The Morgan fingerprint density at radius 3 is 2.30 bits per heavy atom. The number of anilines is 1. The fraction of sp³-hybridized carbons (Fsp3) is 0.143. The minimum absolute atomic E-state index is 0.0525. The number of hydrogen-bond donors (Lipinski definition) is 1. The summed E-state index contributed by atoms with van der Waals surface area (Å²) in [4.78, 5) is 0. The summed E-state index contributed by atoms with van der Waals surface area (Å²) in [6.45, 7) is -2.59. The van der Waals surface area contributed by atoms with E-state index in [1.54, 1.807) is 12.1 Å². The van der Waals surface area contributed by atoms with Crippen molar-refractivity contribution in [2.75, 3.05) is 5.32 Å². The Hall–Kier alpha value is -2.24. The lowest BCUT2D eigenvalue weighted by atomic mass is 10.2. The van der Waals surface area contributed by atoms with E-state index in [1.165, 1.54) is 18.2 Å². The van der Waals surface area contributed by atoms with Crippen LogP contribution in [0.25, 0.3) is 0 Å². The van der Waals surface area contributed by atoms with Gasteiger partial charge in [-0.2, -0.15) is 8.78 Å². The predicted octanol–water partition coefficient (Wildman–Crippen LogP) is 4.18. The molecule has 0 radical (unpaired) electrons. The number of hydrogen-bond acceptors (Lipinski definition) is 2. The Morgan fingerprint density at radius 1 is 1.00 bits per heavy atom. The van der Waals surface area contributed by atoms with Crippen LogP contribution < -0.4 is 10.1 Å². The summed E-state index contributed by atoms with van der Waals surface area (Å²) in [6, 6.07) is 9.15. The van der Waals surface area contributed by atoms with Crippen LogP contribution in [-0.4, -0.2) is 6.61 Å². The molecule has 2 nitrogen and oxygen atoms in total. The van der Waals surface area contributed by atoms with Gasteiger partial charge >= 0.3 is 6.61 Å². The van der Waals surface area contributed by atoms with E-state index in [0.29, 0.717) is 0 Å². The zero-order valence-electron chi connectivity index (χ0n) is 10.2. The lowest BCUT2D eigenvalue weighted by Gasteiger charge is -2.09. The second kappa shape index (κ2) is 6.27. The van der Waals surface area contributed by atoms with Gasteiger partial charge in [-0.25, -0.2) is 8.78 Å². The summed E-state index contributed by atoms with van der Waals surface area (Å²) < 4.78 is 54.2. The molecule has 0 spiro atoms. The molecule has 0 unspecified atom stereocenters. The number of benzene rings is 2. The summed E-state index contributed by atoms with van der Waals surface area (Å²) >= 11 is 0. The lowest BCUT2D eigenvalue weighted by Crippen LogP contribution is -2.03. The number of ether oxygens (including phenoxy) is 1. The minimum atomic E-state index is -2.87. The highest BCUT2D eigenvalue weighted by Crippen LogP contribution is 2.18. The van der Waals surface area contributed by atoms with Crippen molar-refractivity contribution in [1.82, 2.24) is 0 Å². The average molecular weight is 285 g/mol. The molecule has 0 saturated carbocycles. The van der Waals surface area contributed by atoms with Crippen LogP contribution in [0.15, 0.2) is 42.5 Å². The maximum absolute atomic E-state index is 13.4. The first-order chi connectivity index (χ1) is 9.54. The molecular formula is C14H11F4NO. The molecule has 0 aliphatic carbocycles. The molecule has 20 heavy (non-hydrogen) atoms. The van der Waals surface area contributed by atoms with Gasteiger partial charge < -0.3 is 10.1 Å². The molecule has 0 atom stereocenters. The molecule has 0 aliphatic rings. The largest absolute Gasteiger partial charge is 0.435 e. The second-order valence-corrected chi connectivity index (χ2v) is 4.00. The maximum atomic E-state index is 13.4. The monoisotopic (exact) mass is 285 g/mol. The van der Waals surface area contributed by atoms with Crippen LogP contribution in [-0.2, 0) is 6.54 Å². The Kier molecular flexibility index (Phi) is 4.45. The van der Waals surface area contributed by atoms with Crippen molar-refractivity contribution in [3.8, 4) is 5.75 Å². The molecule has 0 heterocycles. The third kappa shape index (κ3) is 3.88. The SMILES string of the molecule is Fc1ccc(NCc2ccc(OC(F)F)cc2)c(F)c1. The van der Waals surface area contributed by atoms with E-state index in [9.17, 15) is 17.6 Å². The number of nitrogens with one attached hydrogen (secondary N) is 1. The van der Waals surface area contributed by atoms with Crippen molar-refractivity contribution in [3.05, 3.63) is 59.7 Å². The average Bonchev–Trinajstić information content (AvgIpc) is 2.39. The van der Waals surface area contributed by atoms with E-state index < -0.39 is 18.2 Å². The van der Waals surface area contributed by atoms with E-state index in [-0.39, 0.29) is 18.0 Å². The van der Waals surface area contributed by atoms with Gasteiger partial charge in [0, 0.05) is 12.6 Å². The van der Waals surface area contributed by atoms with Gasteiger partial charge in [0.25, 0.3) is 0 Å². The van der Waals surface area contributed by atoms with E-state index in [0.717, 1.165) is 17.7 Å². The molecule has 0 fully saturated rings. The van der Waals surface area contributed by atoms with Crippen molar-refractivity contribution in [1.29, 1.82) is 0 Å². The quantitative estimate of drug-likeness (QED) is 0.832. The summed E-state index contributed by atoms with van der Waals surface area (Å²) in [7, 11) is 0. The van der Waals surface area contributed by atoms with Gasteiger partial charge in [-0.1, -0.05) is 12.1 Å². The molecule has 106 valence electrons. The second-order valence-electron chi connectivity index (χ2n) is 4.00. The molecule has 2 aromatic rings. The predicted molar refractivity (Wildman–Crippen MR) is 66.8 cm³/mol. The van der Waals surface area contributed by atoms with E-state index in [4.69, 9.17) is 0 Å². The summed E-state index contributed by atoms with van der Waals surface area (Å²) in [5.74, 6) is -1.29. The van der Waals surface area contributed by atoms with Crippen LogP contribution in [0, 0.1) is 11.6 Å². The van der Waals surface area contributed by atoms with Gasteiger partial charge in [-0.05, 0) is 29.8 Å². The molecule has 2 aromatic carbocycles. The highest BCUT2D eigenvalue weighted by atomic mass is 19.3. The third-order valence-electron chi connectivity index (χ3n) is 2.56. The molecule has 0 bridgehead atoms. The fourth-order valence-electron chi connectivity index (χ4n) is 1.62. The fourth-order valence-corrected chi connectivity index (χ4v) is 1.62. The number of alkyl halides is 2. The van der Waals surface area contributed by atoms with E-state index in [2.05, 4.69) is 10.1 Å². The van der Waals surface area contributed by atoms with Gasteiger partial charge in [0.2, 0.25) is 0 Å². The van der Waals surface area contributed by atoms with Crippen molar-refractivity contribution in [2.24, 2.45) is 0 Å². The molecule has 2 rings (SSSR count). The van der Waals surface area contributed by atoms with Gasteiger partial charge in [-0.3, -0.25) is 0 Å². The van der Waals surface area contributed by atoms with Crippen molar-refractivity contribution in [3.63, 3.8) is 0 Å². The highest BCUT2D eigenvalue weighted by molar-refractivity contribution is 5.45. The van der Waals surface area contributed by atoms with Gasteiger partial charge in [0.05, 0.1) is 5.69 Å². The van der Waals surface area contributed by atoms with Crippen molar-refractivity contribution >= 4 is 5.69 Å². The Balaban J connectivity index is 1.96. The normalized spacial score (nSPS) is 10.7. The van der Waals surface area contributed by atoms with Gasteiger partial charge in [0.1, 0.15) is 17.4 Å². The maximum Gasteiger partial charge on any atom is 0.387 e. The van der Waals surface area contributed by atoms with Crippen LogP contribution in [0.1, 0.15) is 5.56 Å². The number of rotatable bonds is 5. The van der Waals surface area contributed by atoms with Gasteiger partial charge in [-0.15, -0.1) is 0 Å². The van der Waals surface area contributed by atoms with Crippen molar-refractivity contribution < 1.29 is 22.3 Å². The first kappa shape index (κ1) is 14.2. The van der Waals surface area contributed by atoms with Crippen LogP contribution in [0.3, 0.4) is 0 Å². The Morgan fingerprint density at radius 2 is 1.70 bits per heavy atom. The van der Waals surface area contributed by atoms with Crippen molar-refractivity contribution in [2.45, 2.75) is 13.2 Å². The number of halogens is 4. The van der Waals surface area contributed by atoms with Crippen LogP contribution in [0.4, 0.5) is 23.2 Å². The smallest absolute Gasteiger partial charge is 0.387 e. The molecule has 0 amide bonds. The van der Waals surface area contributed by atoms with Gasteiger partial charge in [0.15, 0.2) is 0 Å². The molecule has 0 aliphatic heterocycles. The molecule has 0 saturated heterocycles. The van der Waals surface area contributed by atoms with E-state index >= 15 is 0 Å². The molecule has 0 aromatic heterocycles. The standard InChI is InChI=1S/C14H11F4NO/c15-10-3-6-13(12(16)7-10)19-8-9-1-4-11(5-2-9)20-14(17)18/h1-7,14,19H,8H2. The van der Waals surface area contributed by atoms with Crippen LogP contribution in [0.5, 0.6) is 5.75 Å². The molecular weight excluding hydrogens is 274 g/mol.